The molecule has 0 amide bonds. The maximum Gasteiger partial charge on any atom is 0.0683 e. The standard InChI is InChI=1S/C32H26NS.Ir/c1-18-15-21(4)28(22(5)16-18)23-11-8-14-26-29(23)25-13-7-12-24(27-19(2)9-6-10-20(27)3)30(25)32-31(26)33-17-34-32;/h6-13,15-17H,1-5H3;/q-1;. The maximum atomic E-state index is 4.86. The SMILES string of the molecule is Cc1cc(C)c(-c2cc[c-]c3c4ncsc4c4c(-c5c(C)cccc5C)cccc4c23)c(C)c1.[Ir]. The molecule has 3 heteroatoms. The molecule has 0 aliphatic carbocycles. The average molecular weight is 649 g/mol. The number of rotatable bonds is 2. The van der Waals surface area contributed by atoms with Crippen LogP contribution in [0.25, 0.3) is 54.0 Å². The molecule has 1 heterocycles. The Labute approximate surface area is 224 Å². The smallest absolute Gasteiger partial charge is 0.0683 e. The summed E-state index contributed by atoms with van der Waals surface area (Å²) in [6.45, 7) is 11.0. The van der Waals surface area contributed by atoms with Gasteiger partial charge in [-0.25, -0.2) is 0 Å². The van der Waals surface area contributed by atoms with Crippen LogP contribution in [0, 0.1) is 40.7 Å². The molecule has 6 rings (SSSR count). The third-order valence-corrected chi connectivity index (χ3v) is 7.90. The number of benzene rings is 5. The quantitative estimate of drug-likeness (QED) is 0.135. The Kier molecular flexibility index (Phi) is 6.13. The predicted molar refractivity (Wildman–Crippen MR) is 148 cm³/mol. The van der Waals surface area contributed by atoms with Crippen molar-refractivity contribution < 1.29 is 20.1 Å². The minimum Gasteiger partial charge on any atom is -0.293 e. The van der Waals surface area contributed by atoms with E-state index in [9.17, 15) is 0 Å². The zero-order valence-corrected chi connectivity index (χ0v) is 23.8. The first kappa shape index (κ1) is 23.9. The first-order chi connectivity index (χ1) is 16.5. The molecular formula is C32H26IrNS-. The summed E-state index contributed by atoms with van der Waals surface area (Å²) in [5, 5.41) is 4.93. The first-order valence-electron chi connectivity index (χ1n) is 11.7. The van der Waals surface area contributed by atoms with Gasteiger partial charge in [-0.15, -0.1) is 34.9 Å². The van der Waals surface area contributed by atoms with Gasteiger partial charge in [0.1, 0.15) is 0 Å². The zero-order chi connectivity index (χ0) is 23.6. The van der Waals surface area contributed by atoms with Gasteiger partial charge in [-0.1, -0.05) is 70.4 Å². The molecule has 35 heavy (non-hydrogen) atoms. The maximum absolute atomic E-state index is 4.86. The molecule has 0 aliphatic rings. The van der Waals surface area contributed by atoms with Gasteiger partial charge in [-0.3, -0.25) is 4.98 Å². The van der Waals surface area contributed by atoms with Crippen molar-refractivity contribution >= 4 is 43.1 Å². The molecule has 175 valence electrons. The van der Waals surface area contributed by atoms with E-state index in [0.29, 0.717) is 0 Å². The van der Waals surface area contributed by atoms with Gasteiger partial charge in [-0.05, 0) is 78.9 Å². The summed E-state index contributed by atoms with van der Waals surface area (Å²) in [4.78, 5) is 4.86. The predicted octanol–water partition coefficient (Wildman–Crippen LogP) is 9.28. The van der Waals surface area contributed by atoms with Gasteiger partial charge >= 0.3 is 0 Å². The molecule has 1 aromatic heterocycles. The molecule has 1 nitrogen and oxygen atoms in total. The second-order valence-corrected chi connectivity index (χ2v) is 10.3. The van der Waals surface area contributed by atoms with Crippen molar-refractivity contribution in [1.29, 1.82) is 0 Å². The van der Waals surface area contributed by atoms with Gasteiger partial charge in [0, 0.05) is 30.3 Å². The Balaban J connectivity index is 0.00000253. The van der Waals surface area contributed by atoms with Crippen LogP contribution in [-0.2, 0) is 20.1 Å². The van der Waals surface area contributed by atoms with E-state index in [1.807, 2.05) is 5.51 Å². The van der Waals surface area contributed by atoms with Crippen LogP contribution >= 0.6 is 11.3 Å². The summed E-state index contributed by atoms with van der Waals surface area (Å²) < 4.78 is 1.24. The fraction of sp³-hybridized carbons (Fsp3) is 0.156. The molecule has 0 unspecified atom stereocenters. The van der Waals surface area contributed by atoms with Gasteiger partial charge in [0.05, 0.1) is 5.51 Å². The van der Waals surface area contributed by atoms with Gasteiger partial charge in [0.15, 0.2) is 0 Å². The van der Waals surface area contributed by atoms with Gasteiger partial charge in [-0.2, -0.15) is 0 Å². The van der Waals surface area contributed by atoms with Gasteiger partial charge in [0.2, 0.25) is 0 Å². The van der Waals surface area contributed by atoms with Crippen LogP contribution in [0.3, 0.4) is 0 Å². The Morgan fingerprint density at radius 1 is 0.714 bits per heavy atom. The molecule has 0 fully saturated rings. The van der Waals surface area contributed by atoms with Crippen LogP contribution in [0.4, 0.5) is 0 Å². The number of hydrogen-bond acceptors (Lipinski definition) is 2. The van der Waals surface area contributed by atoms with E-state index < -0.39 is 0 Å². The second kappa shape index (κ2) is 8.99. The van der Waals surface area contributed by atoms with E-state index in [1.165, 1.54) is 70.9 Å². The number of nitrogens with zero attached hydrogens (tertiary/aromatic N) is 1. The van der Waals surface area contributed by atoms with Crippen LogP contribution in [0.5, 0.6) is 0 Å². The van der Waals surface area contributed by atoms with E-state index in [2.05, 4.69) is 101 Å². The molecule has 0 N–H and O–H groups in total. The van der Waals surface area contributed by atoms with Gasteiger partial charge in [0.25, 0.3) is 0 Å². The number of hydrogen-bond donors (Lipinski definition) is 0. The molecule has 5 aromatic carbocycles. The normalized spacial score (nSPS) is 11.3. The average Bonchev–Trinajstić information content (AvgIpc) is 3.28. The third-order valence-electron chi connectivity index (χ3n) is 7.06. The van der Waals surface area contributed by atoms with E-state index in [1.54, 1.807) is 11.3 Å². The molecule has 6 aromatic rings. The fourth-order valence-corrected chi connectivity index (χ4v) is 6.70. The largest absolute Gasteiger partial charge is 0.293 e. The molecule has 0 bridgehead atoms. The van der Waals surface area contributed by atoms with Crippen LogP contribution in [0.2, 0.25) is 0 Å². The Morgan fingerprint density at radius 2 is 1.34 bits per heavy atom. The summed E-state index contributed by atoms with van der Waals surface area (Å²) in [5.74, 6) is 0. The van der Waals surface area contributed by atoms with Crippen molar-refractivity contribution in [3.05, 3.63) is 100 Å². The zero-order valence-electron chi connectivity index (χ0n) is 20.5. The summed E-state index contributed by atoms with van der Waals surface area (Å²) >= 11 is 1.73. The first-order valence-corrected chi connectivity index (χ1v) is 12.6. The number of aryl methyl sites for hydroxylation is 5. The molecule has 0 saturated carbocycles. The molecular weight excluding hydrogens is 623 g/mol. The summed E-state index contributed by atoms with van der Waals surface area (Å²) in [5.41, 5.74) is 14.7. The van der Waals surface area contributed by atoms with Crippen LogP contribution in [-0.4, -0.2) is 4.98 Å². The van der Waals surface area contributed by atoms with E-state index in [-0.39, 0.29) is 20.1 Å². The number of fused-ring (bicyclic) bond motifs is 6. The van der Waals surface area contributed by atoms with Crippen molar-refractivity contribution in [2.45, 2.75) is 34.6 Å². The van der Waals surface area contributed by atoms with Crippen molar-refractivity contribution in [3.8, 4) is 22.3 Å². The van der Waals surface area contributed by atoms with Crippen molar-refractivity contribution in [2.75, 3.05) is 0 Å². The van der Waals surface area contributed by atoms with Crippen LogP contribution in [0.15, 0.2) is 66.2 Å². The van der Waals surface area contributed by atoms with Crippen molar-refractivity contribution in [2.24, 2.45) is 0 Å². The van der Waals surface area contributed by atoms with Crippen LogP contribution < -0.4 is 0 Å². The summed E-state index contributed by atoms with van der Waals surface area (Å²) in [7, 11) is 0. The summed E-state index contributed by atoms with van der Waals surface area (Å²) in [6.07, 6.45) is 0. The minimum absolute atomic E-state index is 0. The molecule has 1 radical (unpaired) electrons. The van der Waals surface area contributed by atoms with Crippen molar-refractivity contribution in [1.82, 2.24) is 4.98 Å². The summed E-state index contributed by atoms with van der Waals surface area (Å²) in [6, 6.07) is 25.8. The molecule has 0 aliphatic heterocycles. The van der Waals surface area contributed by atoms with Crippen molar-refractivity contribution in [3.63, 3.8) is 0 Å². The van der Waals surface area contributed by atoms with Crippen LogP contribution in [0.1, 0.15) is 27.8 Å². The van der Waals surface area contributed by atoms with E-state index in [0.717, 1.165) is 10.9 Å². The minimum atomic E-state index is 0. The Bertz CT molecular complexity index is 1720. The monoisotopic (exact) mass is 649 g/mol. The number of aromatic nitrogens is 1. The molecule has 0 atom stereocenters. The van der Waals surface area contributed by atoms with Gasteiger partial charge < -0.3 is 0 Å². The van der Waals surface area contributed by atoms with E-state index >= 15 is 0 Å². The Morgan fingerprint density at radius 3 is 2.06 bits per heavy atom. The topological polar surface area (TPSA) is 12.9 Å². The Hall–Kier alpha value is -2.84. The number of thiazole rings is 1. The molecule has 0 saturated heterocycles. The fourth-order valence-electron chi connectivity index (χ4n) is 5.83. The van der Waals surface area contributed by atoms with E-state index in [4.69, 9.17) is 4.98 Å². The second-order valence-electron chi connectivity index (χ2n) is 9.44. The third kappa shape index (κ3) is 3.65. The molecule has 0 spiro atoms.